The molecule has 1 heterocycles. The average molecular weight is 142 g/mol. The van der Waals surface area contributed by atoms with Crippen LogP contribution >= 0.6 is 0 Å². The number of rotatable bonds is 2. The number of nitrogens with one attached hydrogen (secondary N) is 1. The molecule has 0 atom stereocenters. The predicted molar refractivity (Wildman–Crippen MR) is 40.6 cm³/mol. The van der Waals surface area contributed by atoms with Crippen molar-refractivity contribution in [1.29, 1.82) is 0 Å². The topological polar surface area (TPSA) is 24.5 Å². The van der Waals surface area contributed by atoms with E-state index in [1.54, 1.807) is 0 Å². The van der Waals surface area contributed by atoms with Crippen molar-refractivity contribution >= 4 is 0 Å². The van der Waals surface area contributed by atoms with Crippen LogP contribution in [0.4, 0.5) is 0 Å². The molecule has 1 aliphatic heterocycles. The molecule has 1 rings (SSSR count). The Hall–Kier alpha value is -0.700. The first-order valence-corrected chi connectivity index (χ1v) is 3.54. The largest absolute Gasteiger partial charge is 0.378 e. The van der Waals surface area contributed by atoms with Crippen molar-refractivity contribution in [3.63, 3.8) is 0 Å². The Bertz CT molecular complexity index is 119. The maximum atomic E-state index is 5.18. The summed E-state index contributed by atoms with van der Waals surface area (Å²) >= 11 is 0. The second-order valence-electron chi connectivity index (χ2n) is 2.30. The summed E-state index contributed by atoms with van der Waals surface area (Å²) in [5, 5.41) is 3.01. The molecule has 1 aliphatic rings. The second kappa shape index (κ2) is 3.46. The van der Waals surface area contributed by atoms with Crippen LogP contribution in [0.3, 0.4) is 0 Å². The van der Waals surface area contributed by atoms with Gasteiger partial charge in [-0.15, -0.1) is 0 Å². The third-order valence-corrected chi connectivity index (χ3v) is 1.68. The molecule has 1 fully saturated rings. The first kappa shape index (κ1) is 7.41. The van der Waals surface area contributed by atoms with Gasteiger partial charge >= 0.3 is 0 Å². The fourth-order valence-electron chi connectivity index (χ4n) is 0.991. The lowest BCUT2D eigenvalue weighted by molar-refractivity contribution is 0.0512. The summed E-state index contributed by atoms with van der Waals surface area (Å²) in [6.45, 7) is 7.41. The Labute approximate surface area is 61.7 Å². The number of morpholine rings is 1. The lowest BCUT2D eigenvalue weighted by Crippen LogP contribution is -2.38. The van der Waals surface area contributed by atoms with Crippen molar-refractivity contribution in [1.82, 2.24) is 10.2 Å². The van der Waals surface area contributed by atoms with E-state index in [0.717, 1.165) is 32.1 Å². The summed E-state index contributed by atoms with van der Waals surface area (Å²) < 4.78 is 5.18. The van der Waals surface area contributed by atoms with Crippen molar-refractivity contribution in [3.05, 3.63) is 12.4 Å². The Kier molecular flexibility index (Phi) is 2.57. The molecule has 0 aliphatic carbocycles. The van der Waals surface area contributed by atoms with Gasteiger partial charge in [0, 0.05) is 20.1 Å². The number of hydrogen-bond acceptors (Lipinski definition) is 3. The molecule has 3 nitrogen and oxygen atoms in total. The molecular formula is C7H14N2O. The Morgan fingerprint density at radius 3 is 2.60 bits per heavy atom. The van der Waals surface area contributed by atoms with Gasteiger partial charge in [-0.1, -0.05) is 6.58 Å². The normalized spacial score (nSPS) is 18.7. The molecule has 0 unspecified atom stereocenters. The maximum absolute atomic E-state index is 5.18. The minimum atomic E-state index is 0.820. The van der Waals surface area contributed by atoms with Crippen LogP contribution in [0.1, 0.15) is 0 Å². The molecule has 58 valence electrons. The highest BCUT2D eigenvalue weighted by molar-refractivity contribution is 4.90. The molecule has 1 saturated heterocycles. The summed E-state index contributed by atoms with van der Waals surface area (Å²) in [5.41, 5.74) is 0. The smallest absolute Gasteiger partial charge is 0.0937 e. The summed E-state index contributed by atoms with van der Waals surface area (Å²) in [6, 6.07) is 0. The van der Waals surface area contributed by atoms with Crippen molar-refractivity contribution in [2.45, 2.75) is 0 Å². The van der Waals surface area contributed by atoms with E-state index in [9.17, 15) is 0 Å². The zero-order chi connectivity index (χ0) is 7.40. The van der Waals surface area contributed by atoms with E-state index in [1.165, 1.54) is 0 Å². The molecule has 3 heteroatoms. The molecule has 0 aromatic rings. The first-order valence-electron chi connectivity index (χ1n) is 3.54. The van der Waals surface area contributed by atoms with Crippen molar-refractivity contribution in [2.24, 2.45) is 0 Å². The van der Waals surface area contributed by atoms with Gasteiger partial charge in [-0.2, -0.15) is 0 Å². The van der Waals surface area contributed by atoms with Gasteiger partial charge in [0.05, 0.1) is 19.0 Å². The van der Waals surface area contributed by atoms with Gasteiger partial charge in [-0.3, -0.25) is 0 Å². The Morgan fingerprint density at radius 1 is 1.50 bits per heavy atom. The van der Waals surface area contributed by atoms with Crippen LogP contribution in [-0.2, 0) is 4.74 Å². The Balaban J connectivity index is 2.31. The third kappa shape index (κ3) is 1.64. The van der Waals surface area contributed by atoms with Gasteiger partial charge < -0.3 is 15.0 Å². The van der Waals surface area contributed by atoms with Crippen LogP contribution in [0.5, 0.6) is 0 Å². The molecule has 1 N–H and O–H groups in total. The van der Waals surface area contributed by atoms with E-state index < -0.39 is 0 Å². The first-order chi connectivity index (χ1) is 4.84. The molecule has 0 aromatic heterocycles. The molecule has 0 saturated carbocycles. The number of hydrogen-bond donors (Lipinski definition) is 1. The van der Waals surface area contributed by atoms with E-state index in [1.807, 2.05) is 7.05 Å². The lowest BCUT2D eigenvalue weighted by Gasteiger charge is -2.29. The van der Waals surface area contributed by atoms with Gasteiger partial charge in [0.1, 0.15) is 0 Å². The standard InChI is InChI=1S/C7H14N2O/c1-7(8-2)9-3-5-10-6-4-9/h8H,1,3-6H2,2H3. The molecule has 0 radical (unpaired) electrons. The number of nitrogens with zero attached hydrogens (tertiary/aromatic N) is 1. The van der Waals surface area contributed by atoms with Crippen LogP contribution in [-0.4, -0.2) is 38.3 Å². The molecule has 0 bridgehead atoms. The van der Waals surface area contributed by atoms with Crippen LogP contribution in [0.15, 0.2) is 12.4 Å². The van der Waals surface area contributed by atoms with E-state index in [-0.39, 0.29) is 0 Å². The number of ether oxygens (including phenoxy) is 1. The fraction of sp³-hybridized carbons (Fsp3) is 0.714. The van der Waals surface area contributed by atoms with E-state index >= 15 is 0 Å². The van der Waals surface area contributed by atoms with E-state index in [0.29, 0.717) is 0 Å². The molecule has 0 spiro atoms. The molecule has 10 heavy (non-hydrogen) atoms. The SMILES string of the molecule is C=C(NC)N1CCOCC1. The summed E-state index contributed by atoms with van der Waals surface area (Å²) in [6.07, 6.45) is 0. The third-order valence-electron chi connectivity index (χ3n) is 1.68. The maximum Gasteiger partial charge on any atom is 0.0937 e. The van der Waals surface area contributed by atoms with Crippen LogP contribution in [0.2, 0.25) is 0 Å². The minimum absolute atomic E-state index is 0.820. The quantitative estimate of drug-likeness (QED) is 0.587. The second-order valence-corrected chi connectivity index (χ2v) is 2.30. The zero-order valence-corrected chi connectivity index (χ0v) is 6.39. The van der Waals surface area contributed by atoms with E-state index in [2.05, 4.69) is 16.8 Å². The van der Waals surface area contributed by atoms with Crippen LogP contribution in [0.25, 0.3) is 0 Å². The van der Waals surface area contributed by atoms with Crippen LogP contribution < -0.4 is 5.32 Å². The monoisotopic (exact) mass is 142 g/mol. The summed E-state index contributed by atoms with van der Waals surface area (Å²) in [5.74, 6) is 0.989. The van der Waals surface area contributed by atoms with Gasteiger partial charge in [0.15, 0.2) is 0 Å². The summed E-state index contributed by atoms with van der Waals surface area (Å²) in [4.78, 5) is 2.18. The highest BCUT2D eigenvalue weighted by Crippen LogP contribution is 2.01. The van der Waals surface area contributed by atoms with Gasteiger partial charge in [-0.25, -0.2) is 0 Å². The average Bonchev–Trinajstić information content (AvgIpc) is 2.05. The van der Waals surface area contributed by atoms with Gasteiger partial charge in [-0.05, 0) is 0 Å². The zero-order valence-electron chi connectivity index (χ0n) is 6.39. The van der Waals surface area contributed by atoms with Crippen LogP contribution in [0, 0.1) is 0 Å². The van der Waals surface area contributed by atoms with Gasteiger partial charge in [0.2, 0.25) is 0 Å². The predicted octanol–water partition coefficient (Wildman–Crippen LogP) is 0.00920. The lowest BCUT2D eigenvalue weighted by atomic mass is 10.4. The van der Waals surface area contributed by atoms with Crippen molar-refractivity contribution in [3.8, 4) is 0 Å². The molecular weight excluding hydrogens is 128 g/mol. The molecule has 0 amide bonds. The fourth-order valence-corrected chi connectivity index (χ4v) is 0.991. The van der Waals surface area contributed by atoms with Gasteiger partial charge in [0.25, 0.3) is 0 Å². The summed E-state index contributed by atoms with van der Waals surface area (Å²) in [7, 11) is 1.89. The van der Waals surface area contributed by atoms with Crippen molar-refractivity contribution in [2.75, 3.05) is 33.4 Å². The minimum Gasteiger partial charge on any atom is -0.378 e. The highest BCUT2D eigenvalue weighted by Gasteiger charge is 2.09. The van der Waals surface area contributed by atoms with E-state index in [4.69, 9.17) is 4.74 Å². The highest BCUT2D eigenvalue weighted by atomic mass is 16.5. The van der Waals surface area contributed by atoms with Crippen molar-refractivity contribution < 1.29 is 4.74 Å². The Morgan fingerprint density at radius 2 is 2.10 bits per heavy atom. The molecule has 0 aromatic carbocycles.